The molecule has 0 spiro atoms. The first kappa shape index (κ1) is 26.2. The molecular formula is C24H36N4O5S. The lowest BCUT2D eigenvalue weighted by atomic mass is 9.92. The van der Waals surface area contributed by atoms with E-state index in [4.69, 9.17) is 5.73 Å². The number of sulfonamides is 1. The van der Waals surface area contributed by atoms with Crippen LogP contribution in [0.1, 0.15) is 47.9 Å². The van der Waals surface area contributed by atoms with Gasteiger partial charge in [0.15, 0.2) is 0 Å². The number of carbonyl (C=O) groups excluding carboxylic acids is 3. The summed E-state index contributed by atoms with van der Waals surface area (Å²) in [6.45, 7) is 8.87. The second-order valence-electron chi connectivity index (χ2n) is 9.57. The summed E-state index contributed by atoms with van der Waals surface area (Å²) >= 11 is 0. The van der Waals surface area contributed by atoms with Gasteiger partial charge in [0, 0.05) is 38.0 Å². The van der Waals surface area contributed by atoms with Crippen molar-refractivity contribution in [3.8, 4) is 0 Å². The van der Waals surface area contributed by atoms with Gasteiger partial charge in [-0.2, -0.15) is 0 Å². The molecule has 2 saturated heterocycles. The smallest absolute Gasteiger partial charge is 0.241 e. The lowest BCUT2D eigenvalue weighted by Gasteiger charge is -2.36. The molecule has 2 aliphatic heterocycles. The molecule has 0 unspecified atom stereocenters. The quantitative estimate of drug-likeness (QED) is 0.616. The van der Waals surface area contributed by atoms with Crippen molar-refractivity contribution in [1.82, 2.24) is 14.5 Å². The van der Waals surface area contributed by atoms with Crippen molar-refractivity contribution in [3.05, 3.63) is 28.3 Å². The van der Waals surface area contributed by atoms with Gasteiger partial charge < -0.3 is 15.5 Å². The minimum absolute atomic E-state index is 0.0662. The second-order valence-corrected chi connectivity index (χ2v) is 11.3. The topological polar surface area (TPSA) is 130 Å². The molecule has 0 radical (unpaired) electrons. The van der Waals surface area contributed by atoms with Crippen LogP contribution in [0.25, 0.3) is 0 Å². The number of carbonyl (C=O) groups is 3. The van der Waals surface area contributed by atoms with Crippen molar-refractivity contribution < 1.29 is 22.8 Å². The Labute approximate surface area is 202 Å². The predicted molar refractivity (Wildman–Crippen MR) is 128 cm³/mol. The third-order valence-electron chi connectivity index (χ3n) is 7.39. The molecule has 0 aliphatic carbocycles. The van der Waals surface area contributed by atoms with Crippen LogP contribution in [0.2, 0.25) is 0 Å². The molecule has 0 aromatic heterocycles. The Bertz CT molecular complexity index is 1040. The van der Waals surface area contributed by atoms with Gasteiger partial charge in [0.25, 0.3) is 0 Å². The average Bonchev–Trinajstić information content (AvgIpc) is 2.81. The number of aryl methyl sites for hydroxylation is 2. The standard InChI is InChI=1S/C24H36N4O5S/c1-15-13-16(2)18(4)22(17(15)3)34(32,33)26-14-21(29)27-9-7-20(8-10-27)24(31)28-11-5-19(6-12-28)23(25)30/h13,19-20,26H,5-12,14H2,1-4H3,(H2,25,30). The van der Waals surface area contributed by atoms with Crippen molar-refractivity contribution in [3.63, 3.8) is 0 Å². The Morgan fingerprint density at radius 1 is 0.882 bits per heavy atom. The summed E-state index contributed by atoms with van der Waals surface area (Å²) < 4.78 is 28.4. The Hall–Kier alpha value is -2.46. The van der Waals surface area contributed by atoms with E-state index in [1.807, 2.05) is 19.9 Å². The van der Waals surface area contributed by atoms with Crippen molar-refractivity contribution in [2.75, 3.05) is 32.7 Å². The number of nitrogens with zero attached hydrogens (tertiary/aromatic N) is 2. The highest BCUT2D eigenvalue weighted by atomic mass is 32.2. The maximum absolute atomic E-state index is 13.0. The third-order valence-corrected chi connectivity index (χ3v) is 9.06. The maximum atomic E-state index is 13.0. The zero-order chi connectivity index (χ0) is 25.2. The van der Waals surface area contributed by atoms with E-state index >= 15 is 0 Å². The highest BCUT2D eigenvalue weighted by Crippen LogP contribution is 2.26. The summed E-state index contributed by atoms with van der Waals surface area (Å²) in [4.78, 5) is 40.6. The fourth-order valence-corrected chi connectivity index (χ4v) is 6.53. The summed E-state index contributed by atoms with van der Waals surface area (Å²) in [5, 5.41) is 0. The zero-order valence-corrected chi connectivity index (χ0v) is 21.3. The molecule has 3 amide bonds. The number of hydrogen-bond donors (Lipinski definition) is 2. The van der Waals surface area contributed by atoms with Gasteiger partial charge in [-0.25, -0.2) is 13.1 Å². The van der Waals surface area contributed by atoms with E-state index in [1.54, 1.807) is 23.6 Å². The molecule has 3 N–H and O–H groups in total. The minimum Gasteiger partial charge on any atom is -0.369 e. The lowest BCUT2D eigenvalue weighted by Crippen LogP contribution is -2.49. The zero-order valence-electron chi connectivity index (χ0n) is 20.5. The van der Waals surface area contributed by atoms with Crippen LogP contribution in [0.15, 0.2) is 11.0 Å². The first-order valence-corrected chi connectivity index (χ1v) is 13.3. The molecule has 9 nitrogen and oxygen atoms in total. The number of rotatable bonds is 6. The van der Waals surface area contributed by atoms with E-state index in [0.717, 1.165) is 11.1 Å². The first-order chi connectivity index (χ1) is 15.9. The van der Waals surface area contributed by atoms with E-state index in [9.17, 15) is 22.8 Å². The molecular weight excluding hydrogens is 456 g/mol. The number of nitrogens with two attached hydrogens (primary N) is 1. The van der Waals surface area contributed by atoms with Gasteiger partial charge >= 0.3 is 0 Å². The van der Waals surface area contributed by atoms with Crippen LogP contribution in [-0.4, -0.2) is 68.7 Å². The number of hydrogen-bond acceptors (Lipinski definition) is 5. The predicted octanol–water partition coefficient (Wildman–Crippen LogP) is 1.16. The van der Waals surface area contributed by atoms with E-state index in [0.29, 0.717) is 63.0 Å². The molecule has 188 valence electrons. The van der Waals surface area contributed by atoms with Crippen molar-refractivity contribution >= 4 is 27.7 Å². The Morgan fingerprint density at radius 2 is 1.35 bits per heavy atom. The molecule has 1 aromatic carbocycles. The highest BCUT2D eigenvalue weighted by molar-refractivity contribution is 7.89. The molecule has 2 fully saturated rings. The van der Waals surface area contributed by atoms with Gasteiger partial charge in [0.1, 0.15) is 0 Å². The van der Waals surface area contributed by atoms with Crippen molar-refractivity contribution in [1.29, 1.82) is 0 Å². The SMILES string of the molecule is Cc1cc(C)c(C)c(S(=O)(=O)NCC(=O)N2CCC(C(=O)N3CCC(C(N)=O)CC3)CC2)c1C. The van der Waals surface area contributed by atoms with Gasteiger partial charge in [-0.3, -0.25) is 14.4 Å². The Morgan fingerprint density at radius 3 is 1.85 bits per heavy atom. The maximum Gasteiger partial charge on any atom is 0.241 e. The van der Waals surface area contributed by atoms with Crippen LogP contribution < -0.4 is 10.5 Å². The van der Waals surface area contributed by atoms with Crippen LogP contribution in [0, 0.1) is 39.5 Å². The Kier molecular flexibility index (Phi) is 8.02. The Balaban J connectivity index is 1.53. The van der Waals surface area contributed by atoms with Gasteiger partial charge in [0.2, 0.25) is 27.7 Å². The number of amides is 3. The molecule has 0 atom stereocenters. The molecule has 34 heavy (non-hydrogen) atoms. The number of primary amides is 1. The summed E-state index contributed by atoms with van der Waals surface area (Å²) in [5.74, 6) is -0.861. The summed E-state index contributed by atoms with van der Waals surface area (Å²) in [5.41, 5.74) is 8.51. The fraction of sp³-hybridized carbons (Fsp3) is 0.625. The van der Waals surface area contributed by atoms with E-state index < -0.39 is 10.0 Å². The molecule has 2 aliphatic rings. The number of nitrogens with one attached hydrogen (secondary N) is 1. The van der Waals surface area contributed by atoms with E-state index in [2.05, 4.69) is 4.72 Å². The van der Waals surface area contributed by atoms with Crippen LogP contribution in [0.4, 0.5) is 0 Å². The largest absolute Gasteiger partial charge is 0.369 e. The normalized spacial score (nSPS) is 18.2. The number of benzene rings is 1. The van der Waals surface area contributed by atoms with Gasteiger partial charge in [-0.05, 0) is 75.6 Å². The molecule has 1 aromatic rings. The second kappa shape index (κ2) is 10.4. The number of piperidine rings is 2. The van der Waals surface area contributed by atoms with Crippen LogP contribution in [-0.2, 0) is 24.4 Å². The fourth-order valence-electron chi connectivity index (χ4n) is 4.94. The first-order valence-electron chi connectivity index (χ1n) is 11.8. The summed E-state index contributed by atoms with van der Waals surface area (Å²) in [6.07, 6.45) is 2.28. The highest BCUT2D eigenvalue weighted by Gasteiger charge is 2.33. The van der Waals surface area contributed by atoms with E-state index in [1.165, 1.54) is 0 Å². The summed E-state index contributed by atoms with van der Waals surface area (Å²) in [6, 6.07) is 1.96. The molecule has 10 heteroatoms. The van der Waals surface area contributed by atoms with Crippen LogP contribution in [0.3, 0.4) is 0 Å². The van der Waals surface area contributed by atoms with Gasteiger partial charge in [0.05, 0.1) is 11.4 Å². The lowest BCUT2D eigenvalue weighted by molar-refractivity contribution is -0.142. The molecule has 0 bridgehead atoms. The van der Waals surface area contributed by atoms with Gasteiger partial charge in [-0.1, -0.05) is 6.07 Å². The van der Waals surface area contributed by atoms with Crippen LogP contribution >= 0.6 is 0 Å². The van der Waals surface area contributed by atoms with Crippen LogP contribution in [0.5, 0.6) is 0 Å². The van der Waals surface area contributed by atoms with Crippen molar-refractivity contribution in [2.24, 2.45) is 17.6 Å². The van der Waals surface area contributed by atoms with E-state index in [-0.39, 0.29) is 41.0 Å². The summed E-state index contributed by atoms with van der Waals surface area (Å²) in [7, 11) is -3.84. The van der Waals surface area contributed by atoms with Gasteiger partial charge in [-0.15, -0.1) is 0 Å². The molecule has 3 rings (SSSR count). The van der Waals surface area contributed by atoms with Crippen molar-refractivity contribution in [2.45, 2.75) is 58.3 Å². The third kappa shape index (κ3) is 5.60. The number of likely N-dealkylation sites (tertiary alicyclic amines) is 2. The molecule has 2 heterocycles. The monoisotopic (exact) mass is 492 g/mol. The minimum atomic E-state index is -3.84. The molecule has 0 saturated carbocycles. The average molecular weight is 493 g/mol.